The lowest BCUT2D eigenvalue weighted by molar-refractivity contribution is 0.0446. The summed E-state index contributed by atoms with van der Waals surface area (Å²) in [5.41, 5.74) is 0. The molecule has 15 heavy (non-hydrogen) atoms. The minimum Gasteiger partial charge on any atom is -0.306 e. The molecular weight excluding hydrogens is 184 g/mol. The van der Waals surface area contributed by atoms with Gasteiger partial charge in [0.2, 0.25) is 0 Å². The first kappa shape index (κ1) is 11.4. The van der Waals surface area contributed by atoms with E-state index in [-0.39, 0.29) is 0 Å². The zero-order valence-electron chi connectivity index (χ0n) is 10.6. The third-order valence-electron chi connectivity index (χ3n) is 4.22. The molecular formula is C13H26N2. The predicted octanol–water partition coefficient (Wildman–Crippen LogP) is 2.06. The Hall–Kier alpha value is -0.0800. The molecule has 2 heterocycles. The fourth-order valence-corrected chi connectivity index (χ4v) is 2.95. The second-order valence-electron chi connectivity index (χ2n) is 5.90. The molecule has 0 aromatic carbocycles. The normalized spacial score (nSPS) is 27.2. The monoisotopic (exact) mass is 210 g/mol. The second kappa shape index (κ2) is 4.84. The van der Waals surface area contributed by atoms with Crippen LogP contribution in [0.5, 0.6) is 0 Å². The highest BCUT2D eigenvalue weighted by molar-refractivity contribution is 4.84. The van der Waals surface area contributed by atoms with Crippen molar-refractivity contribution >= 4 is 0 Å². The van der Waals surface area contributed by atoms with E-state index in [0.717, 1.165) is 17.9 Å². The van der Waals surface area contributed by atoms with Gasteiger partial charge in [0.1, 0.15) is 0 Å². The van der Waals surface area contributed by atoms with Crippen LogP contribution in [0.25, 0.3) is 0 Å². The second-order valence-corrected chi connectivity index (χ2v) is 5.90. The van der Waals surface area contributed by atoms with E-state index in [4.69, 9.17) is 0 Å². The molecule has 2 nitrogen and oxygen atoms in total. The van der Waals surface area contributed by atoms with Gasteiger partial charge >= 0.3 is 0 Å². The highest BCUT2D eigenvalue weighted by Crippen LogP contribution is 2.29. The van der Waals surface area contributed by atoms with Gasteiger partial charge in [-0.3, -0.25) is 0 Å². The largest absolute Gasteiger partial charge is 0.306 e. The lowest BCUT2D eigenvalue weighted by atomic mass is 9.83. The lowest BCUT2D eigenvalue weighted by Crippen LogP contribution is -2.51. The predicted molar refractivity (Wildman–Crippen MR) is 65.0 cm³/mol. The van der Waals surface area contributed by atoms with Crippen molar-refractivity contribution in [3.8, 4) is 0 Å². The molecule has 0 amide bonds. The molecule has 0 saturated carbocycles. The van der Waals surface area contributed by atoms with Crippen LogP contribution in [-0.4, -0.2) is 49.1 Å². The molecule has 88 valence electrons. The smallest absolute Gasteiger partial charge is 0.00388 e. The van der Waals surface area contributed by atoms with Crippen molar-refractivity contribution in [2.24, 2.45) is 11.8 Å². The van der Waals surface area contributed by atoms with E-state index in [1.165, 1.54) is 45.4 Å². The third-order valence-corrected chi connectivity index (χ3v) is 4.22. The van der Waals surface area contributed by atoms with Crippen LogP contribution in [0.1, 0.15) is 33.1 Å². The van der Waals surface area contributed by atoms with Crippen LogP contribution in [-0.2, 0) is 0 Å². The summed E-state index contributed by atoms with van der Waals surface area (Å²) >= 11 is 0. The number of likely N-dealkylation sites (tertiary alicyclic amines) is 2. The summed E-state index contributed by atoms with van der Waals surface area (Å²) in [6, 6.07) is 0.763. The number of rotatable bonds is 3. The van der Waals surface area contributed by atoms with Crippen molar-refractivity contribution in [1.29, 1.82) is 0 Å². The van der Waals surface area contributed by atoms with Gasteiger partial charge in [-0.2, -0.15) is 0 Å². The Kier molecular flexibility index (Phi) is 3.68. The fourth-order valence-electron chi connectivity index (χ4n) is 2.95. The van der Waals surface area contributed by atoms with Crippen molar-refractivity contribution in [3.63, 3.8) is 0 Å². The van der Waals surface area contributed by atoms with Gasteiger partial charge in [0.05, 0.1) is 0 Å². The zero-order valence-corrected chi connectivity index (χ0v) is 10.6. The highest BCUT2D eigenvalue weighted by Gasteiger charge is 2.30. The summed E-state index contributed by atoms with van der Waals surface area (Å²) < 4.78 is 0. The van der Waals surface area contributed by atoms with Crippen LogP contribution in [0.15, 0.2) is 0 Å². The summed E-state index contributed by atoms with van der Waals surface area (Å²) in [5.74, 6) is 2.04. The standard InChI is InChI=1S/C13H26N2/c1-11(2)15-9-13(10-15)8-12-4-6-14(3)7-5-12/h11-13H,4-10H2,1-3H3. The molecule has 2 saturated heterocycles. The van der Waals surface area contributed by atoms with E-state index in [0.29, 0.717) is 0 Å². The number of nitrogens with zero attached hydrogens (tertiary/aromatic N) is 2. The van der Waals surface area contributed by atoms with Crippen LogP contribution in [0.4, 0.5) is 0 Å². The molecule has 0 spiro atoms. The van der Waals surface area contributed by atoms with Crippen molar-refractivity contribution in [2.45, 2.75) is 39.2 Å². The molecule has 2 fully saturated rings. The number of hydrogen-bond acceptors (Lipinski definition) is 2. The zero-order chi connectivity index (χ0) is 10.8. The highest BCUT2D eigenvalue weighted by atomic mass is 15.2. The maximum atomic E-state index is 2.60. The molecule has 0 N–H and O–H groups in total. The van der Waals surface area contributed by atoms with E-state index in [1.807, 2.05) is 0 Å². The van der Waals surface area contributed by atoms with Gasteiger partial charge in [-0.15, -0.1) is 0 Å². The molecule has 2 aliphatic rings. The van der Waals surface area contributed by atoms with Crippen LogP contribution in [0.2, 0.25) is 0 Å². The Morgan fingerprint density at radius 3 is 2.20 bits per heavy atom. The maximum Gasteiger partial charge on any atom is 0.00388 e. The van der Waals surface area contributed by atoms with Gasteiger partial charge in [-0.05, 0) is 65.1 Å². The van der Waals surface area contributed by atoms with Crippen LogP contribution < -0.4 is 0 Å². The van der Waals surface area contributed by atoms with Crippen molar-refractivity contribution < 1.29 is 0 Å². The molecule has 0 radical (unpaired) electrons. The minimum absolute atomic E-state index is 0.763. The molecule has 2 heteroatoms. The van der Waals surface area contributed by atoms with Crippen molar-refractivity contribution in [1.82, 2.24) is 9.80 Å². The quantitative estimate of drug-likeness (QED) is 0.703. The fraction of sp³-hybridized carbons (Fsp3) is 1.00. The number of piperidine rings is 1. The third kappa shape index (κ3) is 2.94. The molecule has 0 aliphatic carbocycles. The SMILES string of the molecule is CC(C)N1CC(CC2CCN(C)CC2)C1. The van der Waals surface area contributed by atoms with Gasteiger partial charge < -0.3 is 9.80 Å². The van der Waals surface area contributed by atoms with E-state index in [1.54, 1.807) is 0 Å². The van der Waals surface area contributed by atoms with Crippen molar-refractivity contribution in [2.75, 3.05) is 33.2 Å². The van der Waals surface area contributed by atoms with Gasteiger partial charge in [-0.1, -0.05) is 0 Å². The lowest BCUT2D eigenvalue weighted by Gasteiger charge is -2.44. The molecule has 0 bridgehead atoms. The Morgan fingerprint density at radius 1 is 1.07 bits per heavy atom. The topological polar surface area (TPSA) is 6.48 Å². The first-order chi connectivity index (χ1) is 7.15. The average molecular weight is 210 g/mol. The molecule has 0 atom stereocenters. The number of hydrogen-bond donors (Lipinski definition) is 0. The summed E-state index contributed by atoms with van der Waals surface area (Å²) in [6.45, 7) is 10.0. The van der Waals surface area contributed by atoms with E-state index in [2.05, 4.69) is 30.7 Å². The first-order valence-corrected chi connectivity index (χ1v) is 6.57. The van der Waals surface area contributed by atoms with Crippen LogP contribution >= 0.6 is 0 Å². The summed E-state index contributed by atoms with van der Waals surface area (Å²) in [7, 11) is 2.25. The Bertz CT molecular complexity index is 189. The van der Waals surface area contributed by atoms with Gasteiger partial charge in [0.25, 0.3) is 0 Å². The Morgan fingerprint density at radius 2 is 1.67 bits per heavy atom. The summed E-state index contributed by atoms with van der Waals surface area (Å²) in [4.78, 5) is 5.07. The van der Waals surface area contributed by atoms with E-state index in [9.17, 15) is 0 Å². The molecule has 0 aromatic heterocycles. The van der Waals surface area contributed by atoms with Gasteiger partial charge in [0, 0.05) is 19.1 Å². The molecule has 0 unspecified atom stereocenters. The van der Waals surface area contributed by atoms with Crippen LogP contribution in [0.3, 0.4) is 0 Å². The molecule has 0 aromatic rings. The Balaban J connectivity index is 1.63. The molecule has 2 aliphatic heterocycles. The van der Waals surface area contributed by atoms with Gasteiger partial charge in [-0.25, -0.2) is 0 Å². The first-order valence-electron chi connectivity index (χ1n) is 6.57. The van der Waals surface area contributed by atoms with E-state index >= 15 is 0 Å². The Labute approximate surface area is 94.6 Å². The summed E-state index contributed by atoms with van der Waals surface area (Å²) in [6.07, 6.45) is 4.38. The molecule has 2 rings (SSSR count). The van der Waals surface area contributed by atoms with E-state index < -0.39 is 0 Å². The van der Waals surface area contributed by atoms with Crippen LogP contribution in [0, 0.1) is 11.8 Å². The van der Waals surface area contributed by atoms with Crippen molar-refractivity contribution in [3.05, 3.63) is 0 Å². The summed E-state index contributed by atoms with van der Waals surface area (Å²) in [5, 5.41) is 0. The maximum absolute atomic E-state index is 2.60. The minimum atomic E-state index is 0.763. The van der Waals surface area contributed by atoms with Gasteiger partial charge in [0.15, 0.2) is 0 Å². The average Bonchev–Trinajstić information content (AvgIpc) is 2.13.